The number of phenols is 1. The summed E-state index contributed by atoms with van der Waals surface area (Å²) >= 11 is 1.22. The highest BCUT2D eigenvalue weighted by atomic mass is 32.1. The highest BCUT2D eigenvalue weighted by Crippen LogP contribution is 2.25. The van der Waals surface area contributed by atoms with Gasteiger partial charge in [-0.3, -0.25) is 19.9 Å². The molecule has 3 aromatic heterocycles. The van der Waals surface area contributed by atoms with Crippen LogP contribution in [-0.4, -0.2) is 36.9 Å². The molecule has 0 aliphatic carbocycles. The summed E-state index contributed by atoms with van der Waals surface area (Å²) in [7, 11) is 0. The van der Waals surface area contributed by atoms with Crippen LogP contribution in [0.4, 0.5) is 22.5 Å². The molecule has 0 aliphatic rings. The summed E-state index contributed by atoms with van der Waals surface area (Å²) in [5.41, 5.74) is 4.76. The van der Waals surface area contributed by atoms with Crippen molar-refractivity contribution in [3.05, 3.63) is 101 Å². The number of hydrogen-bond donors (Lipinski definition) is 4. The molecule has 0 atom stereocenters. The van der Waals surface area contributed by atoms with Crippen molar-refractivity contribution < 1.29 is 14.7 Å². The molecule has 0 saturated heterocycles. The first-order valence-electron chi connectivity index (χ1n) is 11.9. The summed E-state index contributed by atoms with van der Waals surface area (Å²) in [6, 6.07) is 17.1. The molecule has 0 radical (unpaired) electrons. The Labute approximate surface area is 227 Å². The molecule has 5 rings (SSSR count). The highest BCUT2D eigenvalue weighted by Gasteiger charge is 2.13. The first-order chi connectivity index (χ1) is 18.9. The van der Waals surface area contributed by atoms with Crippen LogP contribution >= 0.6 is 11.3 Å². The van der Waals surface area contributed by atoms with Crippen LogP contribution < -0.4 is 16.0 Å². The standard InChI is InChI=1S/C28H23N7O3S/c1-17-7-8-20(13-24(17)34-27-30-11-9-23(33-27)19-5-3-10-29-15-19)31-25(37)14-21-16-39-28(32-21)35-26(38)18-4-2-6-22(36)12-18/h2-13,15-16,36H,14H2,1H3,(H,31,37)(H,30,33,34)(H,32,35,38). The SMILES string of the molecule is Cc1ccc(NC(=O)Cc2csc(NC(=O)c3cccc(O)c3)n2)cc1Nc1nccc(-c2cccnc2)n1. The van der Waals surface area contributed by atoms with Gasteiger partial charge in [-0.1, -0.05) is 12.1 Å². The molecular formula is C28H23N7O3S. The Bertz CT molecular complexity index is 1640. The van der Waals surface area contributed by atoms with Crippen molar-refractivity contribution in [3.63, 3.8) is 0 Å². The quantitative estimate of drug-likeness (QED) is 0.212. The maximum atomic E-state index is 12.7. The van der Waals surface area contributed by atoms with Gasteiger partial charge in [0, 0.05) is 46.5 Å². The third-order valence-corrected chi connectivity index (χ3v) is 6.41. The normalized spacial score (nSPS) is 10.6. The van der Waals surface area contributed by atoms with E-state index in [2.05, 4.69) is 35.9 Å². The lowest BCUT2D eigenvalue weighted by Gasteiger charge is -2.12. The summed E-state index contributed by atoms with van der Waals surface area (Å²) in [5, 5.41) is 20.4. The van der Waals surface area contributed by atoms with E-state index in [4.69, 9.17) is 0 Å². The predicted molar refractivity (Wildman–Crippen MR) is 150 cm³/mol. The van der Waals surface area contributed by atoms with Crippen LogP contribution in [0.15, 0.2) is 84.6 Å². The number of pyridine rings is 1. The number of phenolic OH excluding ortho intramolecular Hbond substituents is 1. The van der Waals surface area contributed by atoms with E-state index in [0.717, 1.165) is 22.5 Å². The van der Waals surface area contributed by atoms with Gasteiger partial charge in [0.25, 0.3) is 5.91 Å². The molecule has 2 aromatic carbocycles. The number of nitrogens with zero attached hydrogens (tertiary/aromatic N) is 4. The van der Waals surface area contributed by atoms with Gasteiger partial charge >= 0.3 is 0 Å². The van der Waals surface area contributed by atoms with E-state index in [1.165, 1.54) is 23.5 Å². The van der Waals surface area contributed by atoms with Crippen molar-refractivity contribution in [2.75, 3.05) is 16.0 Å². The number of benzene rings is 2. The summed E-state index contributed by atoms with van der Waals surface area (Å²) < 4.78 is 0. The van der Waals surface area contributed by atoms with Crippen LogP contribution in [0.1, 0.15) is 21.6 Å². The average Bonchev–Trinajstić information content (AvgIpc) is 3.37. The number of aromatic hydroxyl groups is 1. The molecule has 10 nitrogen and oxygen atoms in total. The number of anilines is 4. The Morgan fingerprint density at radius 2 is 1.87 bits per heavy atom. The second-order valence-corrected chi connectivity index (χ2v) is 9.39. The first-order valence-corrected chi connectivity index (χ1v) is 12.8. The Hall–Kier alpha value is -5.16. The number of rotatable bonds is 8. The van der Waals surface area contributed by atoms with Crippen molar-refractivity contribution in [2.24, 2.45) is 0 Å². The van der Waals surface area contributed by atoms with E-state index in [1.807, 2.05) is 43.3 Å². The average molecular weight is 538 g/mol. The van der Waals surface area contributed by atoms with E-state index >= 15 is 0 Å². The fraction of sp³-hybridized carbons (Fsp3) is 0.0714. The molecule has 4 N–H and O–H groups in total. The largest absolute Gasteiger partial charge is 0.508 e. The van der Waals surface area contributed by atoms with Gasteiger partial charge in [0.2, 0.25) is 11.9 Å². The zero-order chi connectivity index (χ0) is 27.2. The van der Waals surface area contributed by atoms with Crippen LogP contribution in [0.2, 0.25) is 0 Å². The number of hydrogen-bond acceptors (Lipinski definition) is 9. The minimum Gasteiger partial charge on any atom is -0.508 e. The molecule has 3 heterocycles. The van der Waals surface area contributed by atoms with Crippen molar-refractivity contribution >= 4 is 45.6 Å². The fourth-order valence-corrected chi connectivity index (χ4v) is 4.39. The molecule has 0 bridgehead atoms. The lowest BCUT2D eigenvalue weighted by atomic mass is 10.1. The Morgan fingerprint density at radius 3 is 2.69 bits per heavy atom. The van der Waals surface area contributed by atoms with Gasteiger partial charge in [0.05, 0.1) is 17.8 Å². The van der Waals surface area contributed by atoms with Crippen LogP contribution in [0.5, 0.6) is 5.75 Å². The van der Waals surface area contributed by atoms with Gasteiger partial charge < -0.3 is 15.7 Å². The number of carbonyl (C=O) groups excluding carboxylic acids is 2. The van der Waals surface area contributed by atoms with E-state index < -0.39 is 5.91 Å². The molecule has 11 heteroatoms. The lowest BCUT2D eigenvalue weighted by molar-refractivity contribution is -0.115. The van der Waals surface area contributed by atoms with E-state index in [1.54, 1.807) is 36.1 Å². The number of aryl methyl sites for hydroxylation is 1. The van der Waals surface area contributed by atoms with Gasteiger partial charge in [0.15, 0.2) is 5.13 Å². The second kappa shape index (κ2) is 11.5. The fourth-order valence-electron chi connectivity index (χ4n) is 3.68. The maximum Gasteiger partial charge on any atom is 0.257 e. The Kier molecular flexibility index (Phi) is 7.51. The number of nitrogens with one attached hydrogen (secondary N) is 3. The molecular weight excluding hydrogens is 514 g/mol. The topological polar surface area (TPSA) is 142 Å². The minimum atomic E-state index is -0.397. The van der Waals surface area contributed by atoms with Gasteiger partial charge in [-0.05, 0) is 61.0 Å². The predicted octanol–water partition coefficient (Wildman–Crippen LogP) is 5.19. The Balaban J connectivity index is 1.21. The molecule has 0 fully saturated rings. The lowest BCUT2D eigenvalue weighted by Crippen LogP contribution is -2.15. The molecule has 0 aliphatic heterocycles. The third kappa shape index (κ3) is 6.59. The zero-order valence-electron chi connectivity index (χ0n) is 20.8. The van der Waals surface area contributed by atoms with Gasteiger partial charge in [-0.25, -0.2) is 15.0 Å². The van der Waals surface area contributed by atoms with E-state index in [-0.39, 0.29) is 18.1 Å². The minimum absolute atomic E-state index is 0.000563. The number of carbonyl (C=O) groups is 2. The summed E-state index contributed by atoms with van der Waals surface area (Å²) in [6.07, 6.45) is 5.15. The molecule has 5 aromatic rings. The molecule has 0 unspecified atom stereocenters. The molecule has 39 heavy (non-hydrogen) atoms. The van der Waals surface area contributed by atoms with Crippen molar-refractivity contribution in [2.45, 2.75) is 13.3 Å². The van der Waals surface area contributed by atoms with Crippen LogP contribution in [0, 0.1) is 6.92 Å². The van der Waals surface area contributed by atoms with Gasteiger partial charge in [0.1, 0.15) is 5.75 Å². The molecule has 194 valence electrons. The summed E-state index contributed by atoms with van der Waals surface area (Å²) in [6.45, 7) is 1.95. The summed E-state index contributed by atoms with van der Waals surface area (Å²) in [5.74, 6) is -0.230. The van der Waals surface area contributed by atoms with Crippen molar-refractivity contribution in [3.8, 4) is 17.0 Å². The highest BCUT2D eigenvalue weighted by molar-refractivity contribution is 7.14. The molecule has 2 amide bonds. The van der Waals surface area contributed by atoms with Gasteiger partial charge in [-0.15, -0.1) is 11.3 Å². The monoisotopic (exact) mass is 537 g/mol. The molecule has 0 saturated carbocycles. The maximum absolute atomic E-state index is 12.7. The van der Waals surface area contributed by atoms with Crippen LogP contribution in [-0.2, 0) is 11.2 Å². The van der Waals surface area contributed by atoms with Crippen LogP contribution in [0.3, 0.4) is 0 Å². The summed E-state index contributed by atoms with van der Waals surface area (Å²) in [4.78, 5) is 42.4. The van der Waals surface area contributed by atoms with Crippen molar-refractivity contribution in [1.29, 1.82) is 0 Å². The third-order valence-electron chi connectivity index (χ3n) is 5.60. The number of aromatic nitrogens is 4. The van der Waals surface area contributed by atoms with Crippen LogP contribution in [0.25, 0.3) is 11.3 Å². The number of thiazole rings is 1. The van der Waals surface area contributed by atoms with Gasteiger partial charge in [-0.2, -0.15) is 0 Å². The number of amides is 2. The Morgan fingerprint density at radius 1 is 0.974 bits per heavy atom. The molecule has 0 spiro atoms. The smallest absolute Gasteiger partial charge is 0.257 e. The van der Waals surface area contributed by atoms with Crippen molar-refractivity contribution in [1.82, 2.24) is 19.9 Å². The van der Waals surface area contributed by atoms with E-state index in [9.17, 15) is 14.7 Å². The van der Waals surface area contributed by atoms with E-state index in [0.29, 0.717) is 28.0 Å². The zero-order valence-corrected chi connectivity index (χ0v) is 21.6. The second-order valence-electron chi connectivity index (χ2n) is 8.54. The first kappa shape index (κ1) is 25.5.